The van der Waals surface area contributed by atoms with E-state index in [1.807, 2.05) is 0 Å². The number of fused-ring (bicyclic) bond motifs is 1. The SMILES string of the molecule is NCCC1CCN(c2nc3cc([N+](=O)[O-])ccc3o2)CC1. The van der Waals surface area contributed by atoms with Gasteiger partial charge in [-0.25, -0.2) is 0 Å². The maximum absolute atomic E-state index is 10.8. The Labute approximate surface area is 121 Å². The topological polar surface area (TPSA) is 98.4 Å². The summed E-state index contributed by atoms with van der Waals surface area (Å²) in [5.74, 6) is 0.678. The number of rotatable bonds is 4. The molecule has 0 radical (unpaired) electrons. The number of nitro benzene ring substituents is 1. The molecule has 0 unspecified atom stereocenters. The Morgan fingerprint density at radius 3 is 2.86 bits per heavy atom. The van der Waals surface area contributed by atoms with Gasteiger partial charge in [-0.1, -0.05) is 0 Å². The molecule has 7 heteroatoms. The Kier molecular flexibility index (Phi) is 3.74. The van der Waals surface area contributed by atoms with Crippen molar-refractivity contribution in [3.63, 3.8) is 0 Å². The average Bonchev–Trinajstić information content (AvgIpc) is 2.91. The van der Waals surface area contributed by atoms with Gasteiger partial charge in [0.15, 0.2) is 5.58 Å². The van der Waals surface area contributed by atoms with E-state index in [0.717, 1.165) is 38.9 Å². The van der Waals surface area contributed by atoms with Gasteiger partial charge in [-0.15, -0.1) is 0 Å². The van der Waals surface area contributed by atoms with Crippen molar-refractivity contribution in [1.82, 2.24) is 4.98 Å². The minimum atomic E-state index is -0.424. The number of hydrogen-bond acceptors (Lipinski definition) is 6. The van der Waals surface area contributed by atoms with Gasteiger partial charge < -0.3 is 15.1 Å². The first kappa shape index (κ1) is 13.8. The maximum Gasteiger partial charge on any atom is 0.298 e. The van der Waals surface area contributed by atoms with E-state index in [9.17, 15) is 10.1 Å². The summed E-state index contributed by atoms with van der Waals surface area (Å²) in [5, 5.41) is 10.8. The van der Waals surface area contributed by atoms with Gasteiger partial charge in [-0.3, -0.25) is 10.1 Å². The van der Waals surface area contributed by atoms with Gasteiger partial charge in [0.25, 0.3) is 11.7 Å². The van der Waals surface area contributed by atoms with Crippen LogP contribution in [0.2, 0.25) is 0 Å². The summed E-state index contributed by atoms with van der Waals surface area (Å²) < 4.78 is 5.70. The molecule has 0 saturated carbocycles. The molecule has 7 nitrogen and oxygen atoms in total. The predicted octanol–water partition coefficient (Wildman–Crippen LogP) is 2.30. The van der Waals surface area contributed by atoms with Crippen LogP contribution in [0.5, 0.6) is 0 Å². The lowest BCUT2D eigenvalue weighted by Crippen LogP contribution is -2.34. The molecule has 2 heterocycles. The van der Waals surface area contributed by atoms with E-state index in [-0.39, 0.29) is 5.69 Å². The van der Waals surface area contributed by atoms with Crippen molar-refractivity contribution in [2.45, 2.75) is 19.3 Å². The number of hydrogen-bond donors (Lipinski definition) is 1. The molecule has 112 valence electrons. The second-order valence-corrected chi connectivity index (χ2v) is 5.41. The average molecular weight is 290 g/mol. The summed E-state index contributed by atoms with van der Waals surface area (Å²) in [7, 11) is 0. The number of non-ortho nitro benzene ring substituents is 1. The van der Waals surface area contributed by atoms with Gasteiger partial charge in [0, 0.05) is 25.2 Å². The van der Waals surface area contributed by atoms with E-state index in [1.165, 1.54) is 12.1 Å². The van der Waals surface area contributed by atoms with E-state index in [2.05, 4.69) is 9.88 Å². The Bertz CT molecular complexity index is 647. The third-order valence-corrected chi connectivity index (χ3v) is 4.03. The minimum Gasteiger partial charge on any atom is -0.423 e. The predicted molar refractivity (Wildman–Crippen MR) is 79.3 cm³/mol. The minimum absolute atomic E-state index is 0.0315. The first-order valence-electron chi connectivity index (χ1n) is 7.17. The van der Waals surface area contributed by atoms with E-state index in [1.54, 1.807) is 6.07 Å². The van der Waals surface area contributed by atoms with Crippen LogP contribution in [-0.4, -0.2) is 29.5 Å². The monoisotopic (exact) mass is 290 g/mol. The molecule has 0 atom stereocenters. The number of benzene rings is 1. The summed E-state index contributed by atoms with van der Waals surface area (Å²) in [4.78, 5) is 16.8. The summed E-state index contributed by atoms with van der Waals surface area (Å²) in [6.07, 6.45) is 3.22. The molecule has 0 bridgehead atoms. The van der Waals surface area contributed by atoms with Crippen LogP contribution in [0.25, 0.3) is 11.1 Å². The van der Waals surface area contributed by atoms with Crippen LogP contribution in [0.1, 0.15) is 19.3 Å². The van der Waals surface area contributed by atoms with Gasteiger partial charge in [-0.05, 0) is 37.8 Å². The zero-order valence-electron chi connectivity index (χ0n) is 11.7. The van der Waals surface area contributed by atoms with Crippen LogP contribution in [0, 0.1) is 16.0 Å². The van der Waals surface area contributed by atoms with Crippen LogP contribution in [0.15, 0.2) is 22.6 Å². The molecule has 2 aromatic rings. The number of oxazole rings is 1. The lowest BCUT2D eigenvalue weighted by Gasteiger charge is -2.30. The van der Waals surface area contributed by atoms with Crippen molar-refractivity contribution in [2.75, 3.05) is 24.5 Å². The third-order valence-electron chi connectivity index (χ3n) is 4.03. The number of anilines is 1. The molecule has 1 aliphatic heterocycles. The van der Waals surface area contributed by atoms with E-state index in [0.29, 0.717) is 23.0 Å². The molecular weight excluding hydrogens is 272 g/mol. The number of aromatic nitrogens is 1. The van der Waals surface area contributed by atoms with Crippen molar-refractivity contribution >= 4 is 22.8 Å². The maximum atomic E-state index is 10.8. The molecule has 2 N–H and O–H groups in total. The molecule has 0 aliphatic carbocycles. The highest BCUT2D eigenvalue weighted by atomic mass is 16.6. The fraction of sp³-hybridized carbons (Fsp3) is 0.500. The molecule has 3 rings (SSSR count). The van der Waals surface area contributed by atoms with Gasteiger partial charge in [0.05, 0.1) is 4.92 Å². The van der Waals surface area contributed by atoms with E-state index < -0.39 is 4.92 Å². The summed E-state index contributed by atoms with van der Waals surface area (Å²) >= 11 is 0. The zero-order valence-corrected chi connectivity index (χ0v) is 11.7. The summed E-state index contributed by atoms with van der Waals surface area (Å²) in [5.41, 5.74) is 6.74. The molecule has 1 aliphatic rings. The number of piperidine rings is 1. The molecule has 0 amide bonds. The van der Waals surface area contributed by atoms with Gasteiger partial charge in [0.1, 0.15) is 5.52 Å². The van der Waals surface area contributed by atoms with Crippen LogP contribution in [0.3, 0.4) is 0 Å². The van der Waals surface area contributed by atoms with Crippen molar-refractivity contribution in [3.8, 4) is 0 Å². The summed E-state index contributed by atoms with van der Waals surface area (Å²) in [6, 6.07) is 5.04. The fourth-order valence-corrected chi connectivity index (χ4v) is 2.80. The third kappa shape index (κ3) is 2.82. The van der Waals surface area contributed by atoms with Crippen molar-refractivity contribution in [1.29, 1.82) is 0 Å². The van der Waals surface area contributed by atoms with Crippen molar-refractivity contribution in [3.05, 3.63) is 28.3 Å². The van der Waals surface area contributed by atoms with Crippen LogP contribution >= 0.6 is 0 Å². The number of nitrogens with zero attached hydrogens (tertiary/aromatic N) is 3. The standard InChI is InChI=1S/C14H18N4O3/c15-6-3-10-4-7-17(8-5-10)14-16-12-9-11(18(19)20)1-2-13(12)21-14/h1-2,9-10H,3-8,15H2. The lowest BCUT2D eigenvalue weighted by molar-refractivity contribution is -0.384. The number of nitro groups is 1. The smallest absolute Gasteiger partial charge is 0.298 e. The van der Waals surface area contributed by atoms with E-state index >= 15 is 0 Å². The molecule has 1 aromatic heterocycles. The van der Waals surface area contributed by atoms with Crippen LogP contribution in [-0.2, 0) is 0 Å². The molecule has 1 fully saturated rings. The normalized spacial score (nSPS) is 16.5. The van der Waals surface area contributed by atoms with Gasteiger partial charge >= 0.3 is 0 Å². The highest BCUT2D eigenvalue weighted by Crippen LogP contribution is 2.28. The van der Waals surface area contributed by atoms with Gasteiger partial charge in [0.2, 0.25) is 0 Å². The van der Waals surface area contributed by atoms with Crippen LogP contribution in [0.4, 0.5) is 11.7 Å². The Morgan fingerprint density at radius 1 is 1.43 bits per heavy atom. The Hall–Kier alpha value is -2.15. The molecule has 0 spiro atoms. The molecule has 1 saturated heterocycles. The van der Waals surface area contributed by atoms with Gasteiger partial charge in [-0.2, -0.15) is 4.98 Å². The quantitative estimate of drug-likeness (QED) is 0.685. The van der Waals surface area contributed by atoms with Crippen LogP contribution < -0.4 is 10.6 Å². The largest absolute Gasteiger partial charge is 0.423 e. The summed E-state index contributed by atoms with van der Waals surface area (Å²) in [6.45, 7) is 2.51. The Morgan fingerprint density at radius 2 is 2.19 bits per heavy atom. The van der Waals surface area contributed by atoms with E-state index in [4.69, 9.17) is 10.2 Å². The lowest BCUT2D eigenvalue weighted by atomic mass is 9.94. The van der Waals surface area contributed by atoms with Crippen molar-refractivity contribution < 1.29 is 9.34 Å². The highest BCUT2D eigenvalue weighted by Gasteiger charge is 2.22. The molecular formula is C14H18N4O3. The highest BCUT2D eigenvalue weighted by molar-refractivity contribution is 5.77. The number of nitrogens with two attached hydrogens (primary N) is 1. The fourth-order valence-electron chi connectivity index (χ4n) is 2.80. The molecule has 1 aromatic carbocycles. The molecule has 21 heavy (non-hydrogen) atoms. The second-order valence-electron chi connectivity index (χ2n) is 5.41. The zero-order chi connectivity index (χ0) is 14.8. The first-order valence-corrected chi connectivity index (χ1v) is 7.17. The second kappa shape index (κ2) is 5.69. The Balaban J connectivity index is 1.77. The van der Waals surface area contributed by atoms with Crippen molar-refractivity contribution in [2.24, 2.45) is 11.7 Å². The first-order chi connectivity index (χ1) is 10.2.